The van der Waals surface area contributed by atoms with Crippen molar-refractivity contribution in [3.63, 3.8) is 0 Å². The van der Waals surface area contributed by atoms with E-state index in [9.17, 15) is 30.4 Å². The molecular formula is C31H16F6N2O6. The molecule has 4 aromatic rings. The van der Waals surface area contributed by atoms with Crippen molar-refractivity contribution in [1.29, 1.82) is 0 Å². The third kappa shape index (κ3) is 6.07. The molecule has 45 heavy (non-hydrogen) atoms. The number of phenolic OH excluding ortho intramolecular Hbond substituents is 2. The molecule has 4 rings (SSSR count). The quantitative estimate of drug-likeness (QED) is 0.108. The smallest absolute Gasteiger partial charge is 0.411 e. The Morgan fingerprint density at radius 1 is 0.556 bits per heavy atom. The topological polar surface area (TPSA) is 127 Å². The number of halogens is 6. The number of nitrogens with zero attached hydrogens (tertiary/aromatic N) is 2. The van der Waals surface area contributed by atoms with E-state index in [1.54, 1.807) is 12.1 Å². The van der Waals surface area contributed by atoms with Gasteiger partial charge in [-0.15, -0.1) is 0 Å². The van der Waals surface area contributed by atoms with Crippen LogP contribution in [0.15, 0.2) is 84.9 Å². The van der Waals surface area contributed by atoms with Crippen molar-refractivity contribution in [2.45, 2.75) is 17.8 Å². The van der Waals surface area contributed by atoms with Gasteiger partial charge < -0.3 is 10.2 Å². The fourth-order valence-electron chi connectivity index (χ4n) is 4.51. The zero-order valence-corrected chi connectivity index (χ0v) is 22.3. The minimum absolute atomic E-state index is 0.126. The zero-order chi connectivity index (χ0) is 33.2. The van der Waals surface area contributed by atoms with Gasteiger partial charge in [-0.05, 0) is 24.3 Å². The summed E-state index contributed by atoms with van der Waals surface area (Å²) in [6, 6.07) is 14.8. The number of aromatic hydroxyl groups is 2. The molecule has 0 spiro atoms. The first-order valence-corrected chi connectivity index (χ1v) is 12.4. The van der Waals surface area contributed by atoms with E-state index >= 15 is 26.3 Å². The first-order chi connectivity index (χ1) is 21.1. The molecule has 0 aliphatic rings. The fourth-order valence-corrected chi connectivity index (χ4v) is 4.51. The molecule has 0 heterocycles. The highest BCUT2D eigenvalue weighted by Gasteiger charge is 2.74. The summed E-state index contributed by atoms with van der Waals surface area (Å²) >= 11 is 0. The van der Waals surface area contributed by atoms with Gasteiger partial charge in [0.25, 0.3) is 0 Å². The highest BCUT2D eigenvalue weighted by Crippen LogP contribution is 2.59. The number of nitro groups is 2. The lowest BCUT2D eigenvalue weighted by atomic mass is 9.69. The van der Waals surface area contributed by atoms with Gasteiger partial charge in [-0.2, -0.15) is 26.3 Å². The largest absolute Gasteiger partial charge is 0.502 e. The molecule has 14 heteroatoms. The van der Waals surface area contributed by atoms with Gasteiger partial charge >= 0.3 is 23.7 Å². The first kappa shape index (κ1) is 31.9. The summed E-state index contributed by atoms with van der Waals surface area (Å²) in [6.07, 6.45) is -12.8. The molecule has 0 aliphatic heterocycles. The van der Waals surface area contributed by atoms with E-state index in [1.807, 2.05) is 0 Å². The predicted molar refractivity (Wildman–Crippen MR) is 147 cm³/mol. The fraction of sp³-hybridized carbons (Fsp3) is 0.0968. The summed E-state index contributed by atoms with van der Waals surface area (Å²) in [4.78, 5) is 20.5. The lowest BCUT2D eigenvalue weighted by molar-refractivity contribution is -0.386. The molecule has 8 nitrogen and oxygen atoms in total. The molecule has 0 atom stereocenters. The van der Waals surface area contributed by atoms with Crippen molar-refractivity contribution in [2.75, 3.05) is 0 Å². The maximum absolute atomic E-state index is 15.3. The van der Waals surface area contributed by atoms with Crippen molar-refractivity contribution in [3.05, 3.63) is 139 Å². The maximum atomic E-state index is 15.3. The van der Waals surface area contributed by atoms with Crippen LogP contribution >= 0.6 is 0 Å². The maximum Gasteiger partial charge on any atom is 0.411 e. The highest BCUT2D eigenvalue weighted by molar-refractivity contribution is 5.67. The number of alkyl halides is 6. The second-order valence-corrected chi connectivity index (χ2v) is 9.26. The van der Waals surface area contributed by atoms with E-state index in [-0.39, 0.29) is 35.4 Å². The molecule has 0 saturated carbocycles. The van der Waals surface area contributed by atoms with Gasteiger partial charge in [0.15, 0.2) is 11.5 Å². The Labute approximate surface area is 249 Å². The molecule has 0 radical (unpaired) electrons. The van der Waals surface area contributed by atoms with Crippen LogP contribution in [0.1, 0.15) is 33.4 Å². The zero-order valence-electron chi connectivity index (χ0n) is 22.3. The normalized spacial score (nSPS) is 11.5. The van der Waals surface area contributed by atoms with E-state index in [1.165, 1.54) is 48.5 Å². The number of hydrogen-bond donors (Lipinski definition) is 2. The van der Waals surface area contributed by atoms with Crippen LogP contribution in [0.4, 0.5) is 37.7 Å². The van der Waals surface area contributed by atoms with Crippen LogP contribution in [0.3, 0.4) is 0 Å². The number of benzene rings is 4. The molecule has 0 aromatic heterocycles. The molecule has 0 bridgehead atoms. The number of rotatable bonds is 4. The van der Waals surface area contributed by atoms with Crippen LogP contribution in [0.2, 0.25) is 0 Å². The molecule has 2 N–H and O–H groups in total. The second-order valence-electron chi connectivity index (χ2n) is 9.26. The first-order valence-electron chi connectivity index (χ1n) is 12.4. The Morgan fingerprint density at radius 3 is 1.18 bits per heavy atom. The van der Waals surface area contributed by atoms with Gasteiger partial charge in [0.2, 0.25) is 5.41 Å². The van der Waals surface area contributed by atoms with Crippen LogP contribution < -0.4 is 0 Å². The second kappa shape index (κ2) is 11.9. The van der Waals surface area contributed by atoms with E-state index in [4.69, 9.17) is 0 Å². The average Bonchev–Trinajstić information content (AvgIpc) is 2.96. The van der Waals surface area contributed by atoms with Crippen LogP contribution in [-0.2, 0) is 5.41 Å². The van der Waals surface area contributed by atoms with E-state index in [0.29, 0.717) is 0 Å². The van der Waals surface area contributed by atoms with E-state index in [0.717, 1.165) is 0 Å². The molecular weight excluding hydrogens is 610 g/mol. The Hall–Kier alpha value is -6.02. The summed E-state index contributed by atoms with van der Waals surface area (Å²) in [5.41, 5.74) is -14.1. The molecule has 0 aliphatic carbocycles. The third-order valence-corrected chi connectivity index (χ3v) is 6.51. The minimum atomic E-state index is -6.42. The molecule has 4 aromatic carbocycles. The average molecular weight is 626 g/mol. The summed E-state index contributed by atoms with van der Waals surface area (Å²) in [6.45, 7) is 0. The SMILES string of the molecule is O=[N+]([O-])c1cc(C(c2cc([N+](=O)[O-])c(O)cc2C#Cc2ccccc2)(C(F)(F)F)C(F)(F)F)c(C#Cc2ccccc2)cc1O. The summed E-state index contributed by atoms with van der Waals surface area (Å²) in [5, 5.41) is 43.7. The monoisotopic (exact) mass is 626 g/mol. The third-order valence-electron chi connectivity index (χ3n) is 6.51. The van der Waals surface area contributed by atoms with Gasteiger partial charge in [-0.25, -0.2) is 0 Å². The van der Waals surface area contributed by atoms with Crippen LogP contribution in [0, 0.1) is 43.9 Å². The Morgan fingerprint density at radius 2 is 0.889 bits per heavy atom. The van der Waals surface area contributed by atoms with E-state index in [2.05, 4.69) is 23.7 Å². The van der Waals surface area contributed by atoms with Crippen molar-refractivity contribution < 1.29 is 46.4 Å². The number of hydrogen-bond acceptors (Lipinski definition) is 6. The van der Waals surface area contributed by atoms with Gasteiger partial charge in [0, 0.05) is 57.6 Å². The standard InChI is InChI=1S/C31H16F6N2O6/c32-30(33,34)29(31(35,36)37,23-17-25(38(42)43)27(40)15-21(23)13-11-19-7-3-1-4-8-19)24-18-26(39(44)45)28(41)16-22(24)14-12-20-9-5-2-6-10-20/h1-10,15-18,40-41H. The summed E-state index contributed by atoms with van der Waals surface area (Å²) < 4.78 is 91.9. The molecule has 0 unspecified atom stereocenters. The van der Waals surface area contributed by atoms with Crippen LogP contribution in [0.5, 0.6) is 11.5 Å². The van der Waals surface area contributed by atoms with Crippen molar-refractivity contribution in [2.24, 2.45) is 0 Å². The Balaban J connectivity index is 2.25. The molecule has 0 amide bonds. The predicted octanol–water partition coefficient (Wildman–Crippen LogP) is 7.12. The van der Waals surface area contributed by atoms with Gasteiger partial charge in [-0.3, -0.25) is 20.2 Å². The van der Waals surface area contributed by atoms with Gasteiger partial charge in [0.1, 0.15) is 0 Å². The lowest BCUT2D eigenvalue weighted by Crippen LogP contribution is -2.55. The highest BCUT2D eigenvalue weighted by atomic mass is 19.4. The van der Waals surface area contributed by atoms with Crippen molar-refractivity contribution >= 4 is 11.4 Å². The van der Waals surface area contributed by atoms with Gasteiger partial charge in [0.05, 0.1) is 9.85 Å². The van der Waals surface area contributed by atoms with Crippen LogP contribution in [-0.4, -0.2) is 32.4 Å². The molecule has 228 valence electrons. The molecule has 0 fully saturated rings. The Kier molecular flexibility index (Phi) is 8.46. The summed E-state index contributed by atoms with van der Waals surface area (Å²) in [7, 11) is 0. The van der Waals surface area contributed by atoms with Crippen molar-refractivity contribution in [1.82, 2.24) is 0 Å². The van der Waals surface area contributed by atoms with Crippen LogP contribution in [0.25, 0.3) is 0 Å². The summed E-state index contributed by atoms with van der Waals surface area (Å²) in [5.74, 6) is 6.40. The van der Waals surface area contributed by atoms with Gasteiger partial charge in [-0.1, -0.05) is 60.1 Å². The molecule has 0 saturated heterocycles. The minimum Gasteiger partial charge on any atom is -0.502 e. The number of phenols is 2. The van der Waals surface area contributed by atoms with E-state index < -0.39 is 72.7 Å². The lowest BCUT2D eigenvalue weighted by Gasteiger charge is -2.39. The number of nitro benzene ring substituents is 2. The van der Waals surface area contributed by atoms with Crippen molar-refractivity contribution in [3.8, 4) is 35.2 Å². The Bertz CT molecular complexity index is 1780.